The second-order valence-corrected chi connectivity index (χ2v) is 8.05. The van der Waals surface area contributed by atoms with E-state index >= 15 is 0 Å². The van der Waals surface area contributed by atoms with Crippen LogP contribution < -0.4 is 11.5 Å². The van der Waals surface area contributed by atoms with Crippen molar-refractivity contribution in [1.29, 1.82) is 5.41 Å². The molecule has 0 radical (unpaired) electrons. The van der Waals surface area contributed by atoms with Gasteiger partial charge in [0.1, 0.15) is 5.84 Å². The molecule has 2 fully saturated rings. The van der Waals surface area contributed by atoms with Gasteiger partial charge in [0.05, 0.1) is 17.5 Å². The van der Waals surface area contributed by atoms with Crippen molar-refractivity contribution in [2.45, 2.75) is 43.0 Å². The number of hydrogen-bond donors (Lipinski definition) is 3. The fourth-order valence-electron chi connectivity index (χ4n) is 3.58. The number of nitrogens with zero attached hydrogens (tertiary/aromatic N) is 3. The van der Waals surface area contributed by atoms with Gasteiger partial charge in [-0.2, -0.15) is 0 Å². The minimum absolute atomic E-state index is 0.0424. The first kappa shape index (κ1) is 19.5. The van der Waals surface area contributed by atoms with E-state index in [1.807, 2.05) is 29.2 Å². The van der Waals surface area contributed by atoms with E-state index < -0.39 is 0 Å². The molecule has 146 valence electrons. The molecule has 0 aliphatic carbocycles. The predicted molar refractivity (Wildman–Crippen MR) is 111 cm³/mol. The van der Waals surface area contributed by atoms with Gasteiger partial charge in [0, 0.05) is 24.5 Å². The van der Waals surface area contributed by atoms with E-state index in [0.717, 1.165) is 55.9 Å². The molecule has 5 N–H and O–H groups in total. The number of aliphatic imine (C=N–C) groups is 1. The van der Waals surface area contributed by atoms with Crippen LogP contribution in [0, 0.1) is 5.41 Å². The first-order valence-electron chi connectivity index (χ1n) is 9.50. The van der Waals surface area contributed by atoms with Crippen molar-refractivity contribution in [3.8, 4) is 0 Å². The first-order chi connectivity index (χ1) is 13.0. The van der Waals surface area contributed by atoms with E-state index in [4.69, 9.17) is 16.9 Å². The summed E-state index contributed by atoms with van der Waals surface area (Å²) >= 11 is 1.56. The van der Waals surface area contributed by atoms with Crippen LogP contribution in [0.15, 0.2) is 34.2 Å². The molecule has 1 aromatic carbocycles. The summed E-state index contributed by atoms with van der Waals surface area (Å²) in [5, 5.41) is 7.64. The second-order valence-electron chi connectivity index (χ2n) is 7.00. The number of likely N-dealkylation sites (tertiary alicyclic amines) is 2. The number of amides is 1. The number of piperidine rings is 1. The van der Waals surface area contributed by atoms with Crippen LogP contribution in [0.4, 0.5) is 5.69 Å². The molecular weight excluding hydrogens is 360 g/mol. The fraction of sp³-hybridized carbons (Fsp3) is 0.526. The second kappa shape index (κ2) is 9.12. The number of nitrogens with two attached hydrogens (primary N) is 2. The molecule has 7 nitrogen and oxygen atoms in total. The van der Waals surface area contributed by atoms with Crippen molar-refractivity contribution < 1.29 is 4.79 Å². The quantitative estimate of drug-likeness (QED) is 0.406. The lowest BCUT2D eigenvalue weighted by molar-refractivity contribution is -0.129. The SMILES string of the molecule is N=C(N)N1CCCC1C(N)=Nc1ccc(SCC(=O)N2CCCCC2)cc1. The molecule has 2 aliphatic heterocycles. The Kier molecular flexibility index (Phi) is 6.60. The summed E-state index contributed by atoms with van der Waals surface area (Å²) in [6, 6.07) is 7.66. The Hall–Kier alpha value is -2.22. The van der Waals surface area contributed by atoms with Gasteiger partial charge in [-0.3, -0.25) is 10.2 Å². The predicted octanol–water partition coefficient (Wildman–Crippen LogP) is 2.14. The van der Waals surface area contributed by atoms with E-state index in [-0.39, 0.29) is 17.9 Å². The monoisotopic (exact) mass is 388 g/mol. The maximum atomic E-state index is 12.3. The zero-order chi connectivity index (χ0) is 19.2. The molecule has 1 amide bonds. The third kappa shape index (κ3) is 5.15. The van der Waals surface area contributed by atoms with E-state index in [1.165, 1.54) is 6.42 Å². The molecule has 27 heavy (non-hydrogen) atoms. The molecule has 8 heteroatoms. The standard InChI is InChI=1S/C19H28N6OS/c20-18(16-5-4-12-25(16)19(21)22)23-14-6-8-15(9-7-14)27-13-17(26)24-10-2-1-3-11-24/h6-9,16H,1-5,10-13H2,(H2,20,23)(H3,21,22). The Balaban J connectivity index is 1.55. The topological polar surface area (TPSA) is 112 Å². The number of nitrogens with one attached hydrogen (secondary N) is 1. The number of guanidine groups is 1. The highest BCUT2D eigenvalue weighted by Crippen LogP contribution is 2.24. The van der Waals surface area contributed by atoms with Gasteiger partial charge in [-0.15, -0.1) is 11.8 Å². The molecule has 1 aromatic rings. The van der Waals surface area contributed by atoms with Crippen molar-refractivity contribution in [2.75, 3.05) is 25.4 Å². The molecular formula is C19H28N6OS. The summed E-state index contributed by atoms with van der Waals surface area (Å²) in [6.45, 7) is 2.53. The van der Waals surface area contributed by atoms with Crippen molar-refractivity contribution >= 4 is 35.2 Å². The van der Waals surface area contributed by atoms with Crippen molar-refractivity contribution in [1.82, 2.24) is 9.80 Å². The van der Waals surface area contributed by atoms with E-state index in [0.29, 0.717) is 11.6 Å². The highest BCUT2D eigenvalue weighted by atomic mass is 32.2. The fourth-order valence-corrected chi connectivity index (χ4v) is 4.38. The Morgan fingerprint density at radius 3 is 2.48 bits per heavy atom. The summed E-state index contributed by atoms with van der Waals surface area (Å²) in [5.41, 5.74) is 12.5. The van der Waals surface area contributed by atoms with Crippen LogP contribution in [0.25, 0.3) is 0 Å². The van der Waals surface area contributed by atoms with Crippen LogP contribution in [0.2, 0.25) is 0 Å². The Bertz CT molecular complexity index is 699. The third-order valence-corrected chi connectivity index (χ3v) is 6.07. The smallest absolute Gasteiger partial charge is 0.232 e. The highest BCUT2D eigenvalue weighted by molar-refractivity contribution is 8.00. The number of thioether (sulfide) groups is 1. The van der Waals surface area contributed by atoms with Crippen LogP contribution in [0.5, 0.6) is 0 Å². The lowest BCUT2D eigenvalue weighted by atomic mass is 10.1. The largest absolute Gasteiger partial charge is 0.385 e. The van der Waals surface area contributed by atoms with Crippen molar-refractivity contribution in [3.63, 3.8) is 0 Å². The van der Waals surface area contributed by atoms with Crippen LogP contribution in [0.3, 0.4) is 0 Å². The van der Waals surface area contributed by atoms with Gasteiger partial charge in [0.25, 0.3) is 0 Å². The average Bonchev–Trinajstić information content (AvgIpc) is 3.18. The molecule has 2 saturated heterocycles. The number of carbonyl (C=O) groups excluding carboxylic acids is 1. The van der Waals surface area contributed by atoms with Gasteiger partial charge in [-0.1, -0.05) is 0 Å². The van der Waals surface area contributed by atoms with Crippen LogP contribution in [-0.4, -0.2) is 58.9 Å². The summed E-state index contributed by atoms with van der Waals surface area (Å²) in [5.74, 6) is 1.22. The molecule has 0 aromatic heterocycles. The molecule has 0 bridgehead atoms. The third-order valence-electron chi connectivity index (χ3n) is 5.07. The average molecular weight is 389 g/mol. The molecule has 0 saturated carbocycles. The highest BCUT2D eigenvalue weighted by Gasteiger charge is 2.28. The maximum absolute atomic E-state index is 12.3. The van der Waals surface area contributed by atoms with Gasteiger partial charge in [0.15, 0.2) is 5.96 Å². The Labute approximate surface area is 164 Å². The van der Waals surface area contributed by atoms with Gasteiger partial charge >= 0.3 is 0 Å². The minimum Gasteiger partial charge on any atom is -0.385 e. The minimum atomic E-state index is -0.0984. The van der Waals surface area contributed by atoms with Gasteiger partial charge < -0.3 is 21.3 Å². The summed E-state index contributed by atoms with van der Waals surface area (Å²) in [7, 11) is 0. The molecule has 2 aliphatic rings. The molecule has 2 heterocycles. The van der Waals surface area contributed by atoms with E-state index in [1.54, 1.807) is 16.7 Å². The zero-order valence-electron chi connectivity index (χ0n) is 15.6. The number of carbonyl (C=O) groups is 1. The van der Waals surface area contributed by atoms with Crippen molar-refractivity contribution in [2.24, 2.45) is 16.5 Å². The van der Waals surface area contributed by atoms with Crippen molar-refractivity contribution in [3.05, 3.63) is 24.3 Å². The number of amidine groups is 1. The lowest BCUT2D eigenvalue weighted by Gasteiger charge is -2.26. The van der Waals surface area contributed by atoms with Crippen LogP contribution in [-0.2, 0) is 4.79 Å². The first-order valence-corrected chi connectivity index (χ1v) is 10.5. The summed E-state index contributed by atoms with van der Waals surface area (Å²) < 4.78 is 0. The molecule has 1 atom stereocenters. The van der Waals surface area contributed by atoms with Crippen LogP contribution >= 0.6 is 11.8 Å². The molecule has 0 spiro atoms. The summed E-state index contributed by atoms with van der Waals surface area (Å²) in [6.07, 6.45) is 5.29. The van der Waals surface area contributed by atoms with Gasteiger partial charge in [-0.05, 0) is 56.4 Å². The Morgan fingerprint density at radius 1 is 1.11 bits per heavy atom. The molecule has 1 unspecified atom stereocenters. The number of benzene rings is 1. The van der Waals surface area contributed by atoms with E-state index in [9.17, 15) is 4.79 Å². The number of hydrogen-bond acceptors (Lipinski definition) is 4. The lowest BCUT2D eigenvalue weighted by Crippen LogP contribution is -2.46. The van der Waals surface area contributed by atoms with Gasteiger partial charge in [-0.25, -0.2) is 4.99 Å². The maximum Gasteiger partial charge on any atom is 0.232 e. The normalized spacial score (nSPS) is 20.7. The van der Waals surface area contributed by atoms with Gasteiger partial charge in [0.2, 0.25) is 5.91 Å². The summed E-state index contributed by atoms with van der Waals surface area (Å²) in [4.78, 5) is 21.6. The van der Waals surface area contributed by atoms with E-state index in [2.05, 4.69) is 4.99 Å². The zero-order valence-corrected chi connectivity index (χ0v) is 16.4. The molecule has 3 rings (SSSR count). The Morgan fingerprint density at radius 2 is 1.81 bits per heavy atom. The van der Waals surface area contributed by atoms with Crippen LogP contribution in [0.1, 0.15) is 32.1 Å². The number of rotatable bonds is 5.